The molecule has 2 rings (SSSR count). The normalized spacial score (nSPS) is 15.9. The molecule has 0 aliphatic heterocycles. The van der Waals surface area contributed by atoms with Gasteiger partial charge in [-0.05, 0) is 30.9 Å². The molecular weight excluding hydrogens is 282 g/mol. The summed E-state index contributed by atoms with van der Waals surface area (Å²) in [4.78, 5) is 12.1. The fourth-order valence-corrected chi connectivity index (χ4v) is 2.75. The van der Waals surface area contributed by atoms with Crippen molar-refractivity contribution in [2.75, 3.05) is 6.54 Å². The van der Waals surface area contributed by atoms with E-state index >= 15 is 0 Å². The van der Waals surface area contributed by atoms with Crippen LogP contribution in [0.3, 0.4) is 0 Å². The summed E-state index contributed by atoms with van der Waals surface area (Å²) in [5, 5.41) is 3.51. The first-order valence-electron chi connectivity index (χ1n) is 7.13. The monoisotopic (exact) mass is 306 g/mol. The van der Waals surface area contributed by atoms with Gasteiger partial charge in [0, 0.05) is 6.54 Å². The summed E-state index contributed by atoms with van der Waals surface area (Å²) in [7, 11) is 0. The van der Waals surface area contributed by atoms with Crippen molar-refractivity contribution < 1.29 is 4.79 Å². The lowest BCUT2D eigenvalue weighted by atomic mass is 9.91. The number of nitrogens with one attached hydrogen (secondary N) is 1. The minimum absolute atomic E-state index is 0. The highest BCUT2D eigenvalue weighted by Crippen LogP contribution is 2.23. The van der Waals surface area contributed by atoms with Crippen molar-refractivity contribution in [3.8, 4) is 0 Å². The molecule has 0 unspecified atom stereocenters. The Kier molecular flexibility index (Phi) is 10.2. The van der Waals surface area contributed by atoms with Gasteiger partial charge in [-0.25, -0.2) is 0 Å². The maximum atomic E-state index is 12.1. The van der Waals surface area contributed by atoms with Crippen LogP contribution in [-0.4, -0.2) is 12.5 Å². The molecular formula is C18H25ClNO. The van der Waals surface area contributed by atoms with Crippen molar-refractivity contribution in [2.45, 2.75) is 44.9 Å². The van der Waals surface area contributed by atoms with Gasteiger partial charge in [0.2, 0.25) is 0 Å². The van der Waals surface area contributed by atoms with Crippen LogP contribution in [0.15, 0.2) is 24.3 Å². The zero-order valence-electron chi connectivity index (χ0n) is 12.7. The van der Waals surface area contributed by atoms with Crippen LogP contribution in [0, 0.1) is 20.8 Å². The lowest BCUT2D eigenvalue weighted by Gasteiger charge is -2.19. The average Bonchev–Trinajstić information content (AvgIpc) is 2.37. The van der Waals surface area contributed by atoms with E-state index in [0.717, 1.165) is 12.8 Å². The Morgan fingerprint density at radius 1 is 1.00 bits per heavy atom. The number of rotatable bonds is 3. The highest BCUT2D eigenvalue weighted by atomic mass is 35.5. The number of amides is 1. The van der Waals surface area contributed by atoms with Crippen LogP contribution in [0.2, 0.25) is 5.02 Å². The molecule has 1 saturated carbocycles. The van der Waals surface area contributed by atoms with Gasteiger partial charge in [-0.15, -0.1) is 0 Å². The van der Waals surface area contributed by atoms with Crippen LogP contribution in [-0.2, 0) is 0 Å². The van der Waals surface area contributed by atoms with Crippen molar-refractivity contribution in [3.63, 3.8) is 0 Å². The lowest BCUT2D eigenvalue weighted by Crippen LogP contribution is -2.29. The summed E-state index contributed by atoms with van der Waals surface area (Å²) in [5.41, 5.74) is 0.565. The highest BCUT2D eigenvalue weighted by molar-refractivity contribution is 6.33. The van der Waals surface area contributed by atoms with Crippen molar-refractivity contribution in [1.29, 1.82) is 0 Å². The molecule has 1 aliphatic rings. The predicted octanol–water partition coefficient (Wildman–Crippen LogP) is 5.04. The Labute approximate surface area is 135 Å². The molecule has 0 saturated heterocycles. The van der Waals surface area contributed by atoms with E-state index in [0.29, 0.717) is 17.1 Å². The van der Waals surface area contributed by atoms with E-state index in [1.165, 1.54) is 38.0 Å². The molecule has 1 fully saturated rings. The van der Waals surface area contributed by atoms with Gasteiger partial charge in [0.05, 0.1) is 10.6 Å². The number of hydrogen-bond donors (Lipinski definition) is 1. The molecule has 1 amide bonds. The van der Waals surface area contributed by atoms with Crippen LogP contribution in [0.25, 0.3) is 0 Å². The van der Waals surface area contributed by atoms with E-state index in [-0.39, 0.29) is 20.8 Å². The molecule has 1 N–H and O–H groups in total. The third-order valence-electron chi connectivity index (χ3n) is 3.68. The first-order valence-corrected chi connectivity index (χ1v) is 7.51. The van der Waals surface area contributed by atoms with Crippen LogP contribution < -0.4 is 5.32 Å². The Balaban J connectivity index is 0.00000200. The maximum Gasteiger partial charge on any atom is 0.252 e. The largest absolute Gasteiger partial charge is 0.351 e. The molecule has 21 heavy (non-hydrogen) atoms. The van der Waals surface area contributed by atoms with E-state index in [1.807, 2.05) is 12.1 Å². The van der Waals surface area contributed by atoms with Gasteiger partial charge in [-0.1, -0.05) is 70.7 Å². The molecule has 5 radical (unpaired) electrons. The third-order valence-corrected chi connectivity index (χ3v) is 4.01. The summed E-state index contributed by atoms with van der Waals surface area (Å²) in [6.45, 7) is 0.698. The van der Waals surface area contributed by atoms with E-state index in [4.69, 9.17) is 11.6 Å². The van der Waals surface area contributed by atoms with Gasteiger partial charge >= 0.3 is 0 Å². The number of carbonyl (C=O) groups excluding carboxylic acids is 1. The van der Waals surface area contributed by atoms with Crippen molar-refractivity contribution in [2.24, 2.45) is 0 Å². The molecule has 3 heteroatoms. The van der Waals surface area contributed by atoms with Gasteiger partial charge in [-0.3, -0.25) is 4.79 Å². The molecule has 0 spiro atoms. The van der Waals surface area contributed by atoms with Crippen molar-refractivity contribution >= 4 is 17.5 Å². The van der Waals surface area contributed by atoms with Gasteiger partial charge in [0.15, 0.2) is 0 Å². The molecule has 0 heterocycles. The van der Waals surface area contributed by atoms with E-state index in [2.05, 4.69) is 5.32 Å². The maximum absolute atomic E-state index is 12.1. The van der Waals surface area contributed by atoms with Crippen molar-refractivity contribution in [1.82, 2.24) is 5.32 Å². The lowest BCUT2D eigenvalue weighted by molar-refractivity contribution is 0.0954. The predicted molar refractivity (Wildman–Crippen MR) is 90.1 cm³/mol. The summed E-state index contributed by atoms with van der Waals surface area (Å²) in [5.74, 6) is 1.40. The second-order valence-corrected chi connectivity index (χ2v) is 5.59. The molecule has 0 aromatic heterocycles. The molecule has 0 atom stereocenters. The van der Waals surface area contributed by atoms with Gasteiger partial charge in [0.25, 0.3) is 5.91 Å². The number of hydrogen-bond acceptors (Lipinski definition) is 1. The fraction of sp³-hybridized carbons (Fsp3) is 0.444. The summed E-state index contributed by atoms with van der Waals surface area (Å²) >= 11 is 6.02. The quantitative estimate of drug-likeness (QED) is 0.832. The molecule has 115 valence electrons. The van der Waals surface area contributed by atoms with Crippen LogP contribution in [0.5, 0.6) is 0 Å². The molecule has 1 aliphatic carbocycles. The van der Waals surface area contributed by atoms with Crippen molar-refractivity contribution in [3.05, 3.63) is 55.6 Å². The number of carbonyl (C=O) groups is 1. The third kappa shape index (κ3) is 6.52. The Bertz CT molecular complexity index is 411. The van der Waals surface area contributed by atoms with Crippen LogP contribution in [0.4, 0.5) is 0 Å². The first-order chi connectivity index (χ1) is 9.27. The molecule has 1 aromatic carbocycles. The second kappa shape index (κ2) is 10.7. The van der Waals surface area contributed by atoms with Gasteiger partial charge in [-0.2, -0.15) is 0 Å². The number of halogens is 1. The zero-order valence-corrected chi connectivity index (χ0v) is 13.4. The fourth-order valence-electron chi connectivity index (χ4n) is 2.53. The Morgan fingerprint density at radius 2 is 1.57 bits per heavy atom. The minimum atomic E-state index is -0.0693. The topological polar surface area (TPSA) is 29.1 Å². The van der Waals surface area contributed by atoms with Gasteiger partial charge < -0.3 is 5.32 Å². The molecule has 1 aromatic rings. The standard InChI is InChI=1S/C16H21ClNO.2CH2/c17-15-11-7-6-10-14(15)16(19)18-12-13-8-4-2-1-3-5-9-13;;/h6-7,10-11H,1-5,8-9,12H2,(H,18,19);2*1H2. The second-order valence-electron chi connectivity index (χ2n) is 5.18. The van der Waals surface area contributed by atoms with E-state index in [9.17, 15) is 4.79 Å². The van der Waals surface area contributed by atoms with E-state index in [1.54, 1.807) is 12.1 Å². The Morgan fingerprint density at radius 3 is 2.19 bits per heavy atom. The van der Waals surface area contributed by atoms with Crippen LogP contribution >= 0.6 is 11.6 Å². The zero-order chi connectivity index (χ0) is 13.5. The SMILES string of the molecule is O=C(NC[C]1CCCCCCC1)c1ccccc1Cl.[CH2].[CH2]. The molecule has 2 nitrogen and oxygen atoms in total. The summed E-state index contributed by atoms with van der Waals surface area (Å²) in [6.07, 6.45) is 8.84. The highest BCUT2D eigenvalue weighted by Gasteiger charge is 2.14. The molecule has 0 bridgehead atoms. The first kappa shape index (κ1) is 20.0. The average molecular weight is 307 g/mol. The number of benzene rings is 1. The van der Waals surface area contributed by atoms with Gasteiger partial charge in [0.1, 0.15) is 0 Å². The van der Waals surface area contributed by atoms with E-state index < -0.39 is 0 Å². The minimum Gasteiger partial charge on any atom is -0.351 e. The summed E-state index contributed by atoms with van der Waals surface area (Å²) < 4.78 is 0. The Hall–Kier alpha value is -1.02. The van der Waals surface area contributed by atoms with Crippen LogP contribution in [0.1, 0.15) is 55.3 Å². The smallest absolute Gasteiger partial charge is 0.252 e. The summed E-state index contributed by atoms with van der Waals surface area (Å²) in [6, 6.07) is 7.19.